The van der Waals surface area contributed by atoms with Crippen LogP contribution in [0.25, 0.3) is 11.1 Å². The Balaban J connectivity index is 1.53. The van der Waals surface area contributed by atoms with Crippen LogP contribution >= 0.6 is 0 Å². The number of nitrogens with one attached hydrogen (secondary N) is 1. The predicted octanol–water partition coefficient (Wildman–Crippen LogP) is 4.09. The number of fused-ring (bicyclic) bond motifs is 1. The van der Waals surface area contributed by atoms with Gasteiger partial charge in [0.15, 0.2) is 0 Å². The van der Waals surface area contributed by atoms with E-state index in [1.54, 1.807) is 50.2 Å². The quantitative estimate of drug-likeness (QED) is 0.515. The summed E-state index contributed by atoms with van der Waals surface area (Å²) in [7, 11) is -3.81. The highest BCUT2D eigenvalue weighted by Gasteiger charge is 2.38. The van der Waals surface area contributed by atoms with E-state index >= 15 is 0 Å². The van der Waals surface area contributed by atoms with Gasteiger partial charge in [0.1, 0.15) is 6.04 Å². The monoisotopic (exact) mass is 489 g/mol. The van der Waals surface area contributed by atoms with E-state index in [9.17, 15) is 23.1 Å². The van der Waals surface area contributed by atoms with Crippen molar-refractivity contribution in [2.24, 2.45) is 5.92 Å². The van der Waals surface area contributed by atoms with Crippen molar-refractivity contribution in [1.29, 1.82) is 5.26 Å². The van der Waals surface area contributed by atoms with Crippen molar-refractivity contribution in [1.82, 2.24) is 4.90 Å². The number of sulfonamides is 1. The van der Waals surface area contributed by atoms with Gasteiger partial charge in [0.2, 0.25) is 0 Å². The average Bonchev–Trinajstić information content (AvgIpc) is 3.14. The minimum absolute atomic E-state index is 0.0504. The number of carboxylic acid groups (broad SMARTS) is 1. The number of hydrogen-bond donors (Lipinski definition) is 2. The van der Waals surface area contributed by atoms with Crippen LogP contribution in [-0.2, 0) is 21.4 Å². The van der Waals surface area contributed by atoms with Gasteiger partial charge in [-0.25, -0.2) is 13.2 Å². The van der Waals surface area contributed by atoms with E-state index in [4.69, 9.17) is 5.26 Å². The normalized spacial score (nSPS) is 13.9. The summed E-state index contributed by atoms with van der Waals surface area (Å²) in [6.07, 6.45) is 0. The molecule has 4 rings (SSSR count). The van der Waals surface area contributed by atoms with Crippen LogP contribution < -0.4 is 4.72 Å². The smallest absolute Gasteiger partial charge is 0.326 e. The number of rotatable bonds is 7. The fraction of sp³-hybridized carbons (Fsp3) is 0.192. The highest BCUT2D eigenvalue weighted by atomic mass is 32.2. The van der Waals surface area contributed by atoms with E-state index in [1.807, 2.05) is 12.1 Å². The molecule has 2 N–H and O–H groups in total. The maximum absolute atomic E-state index is 12.8. The zero-order chi connectivity index (χ0) is 25.3. The fourth-order valence-corrected chi connectivity index (χ4v) is 5.24. The number of carbonyl (C=O) groups excluding carboxylic acids is 1. The summed E-state index contributed by atoms with van der Waals surface area (Å²) in [5, 5.41) is 18.5. The van der Waals surface area contributed by atoms with E-state index in [-0.39, 0.29) is 23.3 Å². The van der Waals surface area contributed by atoms with Crippen molar-refractivity contribution in [3.05, 3.63) is 83.4 Å². The molecule has 3 aromatic carbocycles. The lowest BCUT2D eigenvalue weighted by Gasteiger charge is -2.27. The number of anilines is 1. The molecule has 0 unspecified atom stereocenters. The Kier molecular flexibility index (Phi) is 6.33. The maximum atomic E-state index is 12.8. The number of nitriles is 1. The number of carboxylic acids is 1. The first-order valence-corrected chi connectivity index (χ1v) is 12.4. The molecule has 1 atom stereocenters. The summed E-state index contributed by atoms with van der Waals surface area (Å²) in [4.78, 5) is 26.0. The van der Waals surface area contributed by atoms with Gasteiger partial charge in [0.05, 0.1) is 16.5 Å². The molecule has 0 bridgehead atoms. The Morgan fingerprint density at radius 1 is 1.03 bits per heavy atom. The van der Waals surface area contributed by atoms with E-state index in [0.717, 1.165) is 16.7 Å². The molecule has 1 aliphatic heterocycles. The van der Waals surface area contributed by atoms with Crippen molar-refractivity contribution in [2.45, 2.75) is 31.3 Å². The molecular weight excluding hydrogens is 466 g/mol. The van der Waals surface area contributed by atoms with E-state index in [2.05, 4.69) is 4.72 Å². The van der Waals surface area contributed by atoms with Crippen LogP contribution in [0.2, 0.25) is 0 Å². The molecule has 0 fully saturated rings. The SMILES string of the molecule is CC(C)[C@@H](C(=O)O)N1Cc2cc(-c3ccc(NS(=O)(=O)c4ccc(C#N)cc4)cc3)ccc2C1=O. The number of nitrogens with zero attached hydrogens (tertiary/aromatic N) is 2. The molecule has 0 spiro atoms. The van der Waals surface area contributed by atoms with Crippen LogP contribution in [0.3, 0.4) is 0 Å². The summed E-state index contributed by atoms with van der Waals surface area (Å²) in [5.41, 5.74) is 3.64. The number of benzene rings is 3. The second-order valence-corrected chi connectivity index (χ2v) is 10.3. The van der Waals surface area contributed by atoms with Crippen molar-refractivity contribution in [3.63, 3.8) is 0 Å². The Bertz CT molecular complexity index is 1440. The Morgan fingerprint density at radius 2 is 1.66 bits per heavy atom. The van der Waals surface area contributed by atoms with Gasteiger partial charge in [-0.1, -0.05) is 32.0 Å². The number of aliphatic carboxylic acids is 1. The largest absolute Gasteiger partial charge is 0.480 e. The summed E-state index contributed by atoms with van der Waals surface area (Å²) in [6, 6.07) is 18.8. The van der Waals surface area contributed by atoms with Crippen LogP contribution in [-0.4, -0.2) is 36.3 Å². The Hall–Kier alpha value is -4.16. The predicted molar refractivity (Wildman–Crippen MR) is 130 cm³/mol. The van der Waals surface area contributed by atoms with Crippen LogP contribution in [0, 0.1) is 17.2 Å². The molecule has 0 aliphatic carbocycles. The molecule has 0 aromatic heterocycles. The molecular formula is C26H23N3O5S. The molecule has 0 radical (unpaired) electrons. The lowest BCUT2D eigenvalue weighted by molar-refractivity contribution is -0.144. The van der Waals surface area contributed by atoms with Crippen LogP contribution in [0.5, 0.6) is 0 Å². The van der Waals surface area contributed by atoms with Gasteiger partial charge in [-0.2, -0.15) is 5.26 Å². The van der Waals surface area contributed by atoms with Gasteiger partial charge >= 0.3 is 5.97 Å². The minimum Gasteiger partial charge on any atom is -0.480 e. The highest BCUT2D eigenvalue weighted by molar-refractivity contribution is 7.92. The van der Waals surface area contributed by atoms with Crippen molar-refractivity contribution < 1.29 is 23.1 Å². The first-order valence-electron chi connectivity index (χ1n) is 10.9. The van der Waals surface area contributed by atoms with Gasteiger partial charge in [-0.15, -0.1) is 0 Å². The summed E-state index contributed by atoms with van der Waals surface area (Å²) in [5.74, 6) is -1.55. The second-order valence-electron chi connectivity index (χ2n) is 8.65. The summed E-state index contributed by atoms with van der Waals surface area (Å²) >= 11 is 0. The van der Waals surface area contributed by atoms with Crippen molar-refractivity contribution >= 4 is 27.6 Å². The molecule has 9 heteroatoms. The number of hydrogen-bond acceptors (Lipinski definition) is 5. The zero-order valence-corrected chi connectivity index (χ0v) is 19.9. The third-order valence-corrected chi connectivity index (χ3v) is 7.32. The molecule has 0 saturated carbocycles. The highest BCUT2D eigenvalue weighted by Crippen LogP contribution is 2.32. The van der Waals surface area contributed by atoms with E-state index in [0.29, 0.717) is 16.8 Å². The van der Waals surface area contributed by atoms with Crippen molar-refractivity contribution in [2.75, 3.05) is 4.72 Å². The second kappa shape index (κ2) is 9.24. The Labute approximate surface area is 203 Å². The van der Waals surface area contributed by atoms with E-state index < -0.39 is 22.0 Å². The molecule has 0 saturated heterocycles. The molecule has 35 heavy (non-hydrogen) atoms. The molecule has 1 amide bonds. The lowest BCUT2D eigenvalue weighted by atomic mass is 10.0. The van der Waals surface area contributed by atoms with Gasteiger partial charge in [0.25, 0.3) is 15.9 Å². The molecule has 1 aliphatic rings. The minimum atomic E-state index is -3.81. The van der Waals surface area contributed by atoms with Crippen LogP contribution in [0.15, 0.2) is 71.6 Å². The van der Waals surface area contributed by atoms with Crippen LogP contribution in [0.4, 0.5) is 5.69 Å². The average molecular weight is 490 g/mol. The van der Waals surface area contributed by atoms with Crippen LogP contribution in [0.1, 0.15) is 35.3 Å². The topological polar surface area (TPSA) is 128 Å². The summed E-state index contributed by atoms with van der Waals surface area (Å²) in [6.45, 7) is 3.77. The zero-order valence-electron chi connectivity index (χ0n) is 19.1. The fourth-order valence-electron chi connectivity index (χ4n) is 4.18. The maximum Gasteiger partial charge on any atom is 0.326 e. The van der Waals surface area contributed by atoms with Gasteiger partial charge in [-0.05, 0) is 71.1 Å². The first kappa shape index (κ1) is 24.0. The molecule has 3 aromatic rings. The van der Waals surface area contributed by atoms with Gasteiger partial charge in [-0.3, -0.25) is 9.52 Å². The van der Waals surface area contributed by atoms with Crippen molar-refractivity contribution in [3.8, 4) is 17.2 Å². The van der Waals surface area contributed by atoms with Gasteiger partial charge in [0, 0.05) is 17.8 Å². The third kappa shape index (κ3) is 4.74. The lowest BCUT2D eigenvalue weighted by Crippen LogP contribution is -2.44. The molecule has 178 valence electrons. The molecule has 1 heterocycles. The van der Waals surface area contributed by atoms with E-state index in [1.165, 1.54) is 29.2 Å². The molecule has 8 nitrogen and oxygen atoms in total. The first-order chi connectivity index (χ1) is 16.6. The Morgan fingerprint density at radius 3 is 2.23 bits per heavy atom. The standard InChI is InChI=1S/C26H23N3O5S/c1-16(2)24(26(31)32)29-15-20-13-19(7-12-23(20)25(29)30)18-5-8-21(9-6-18)28-35(33,34)22-10-3-17(14-27)4-11-22/h3-13,16,24,28H,15H2,1-2H3,(H,31,32)/t24-/m0/s1. The summed E-state index contributed by atoms with van der Waals surface area (Å²) < 4.78 is 27.8. The number of amides is 1. The third-order valence-electron chi connectivity index (χ3n) is 5.92. The van der Waals surface area contributed by atoms with Gasteiger partial charge < -0.3 is 10.0 Å². The number of carbonyl (C=O) groups is 2.